The molecule has 5 rings (SSSR count). The maximum absolute atomic E-state index is 12.5. The fourth-order valence-corrected chi connectivity index (χ4v) is 5.18. The van der Waals surface area contributed by atoms with Gasteiger partial charge in [0.25, 0.3) is 5.91 Å². The molecule has 0 aliphatic rings. The molecule has 2 aromatic carbocycles. The third kappa shape index (κ3) is 5.48. The van der Waals surface area contributed by atoms with E-state index >= 15 is 0 Å². The Kier molecular flexibility index (Phi) is 7.39. The molecule has 0 radical (unpaired) electrons. The molecule has 1 amide bonds. The van der Waals surface area contributed by atoms with E-state index in [4.69, 9.17) is 4.74 Å². The molecule has 7 nitrogen and oxygen atoms in total. The molecule has 3 heterocycles. The normalized spacial score (nSPS) is 10.8. The number of benzene rings is 2. The van der Waals surface area contributed by atoms with Gasteiger partial charge in [-0.05, 0) is 71.1 Å². The summed E-state index contributed by atoms with van der Waals surface area (Å²) in [6.45, 7) is 0.465. The molecule has 0 aliphatic carbocycles. The average molecular weight is 514 g/mol. The van der Waals surface area contributed by atoms with Crippen molar-refractivity contribution in [1.82, 2.24) is 25.1 Å². The Morgan fingerprint density at radius 3 is 2.44 bits per heavy atom. The second kappa shape index (κ2) is 11.2. The van der Waals surface area contributed by atoms with E-state index in [1.165, 1.54) is 0 Å². The second-order valence-corrected chi connectivity index (χ2v) is 9.73. The van der Waals surface area contributed by atoms with Gasteiger partial charge >= 0.3 is 0 Å². The number of ether oxygens (including phenoxy) is 1. The number of thioether (sulfide) groups is 1. The Balaban J connectivity index is 1.29. The summed E-state index contributed by atoms with van der Waals surface area (Å²) in [4.78, 5) is 17.6. The predicted molar refractivity (Wildman–Crippen MR) is 143 cm³/mol. The first-order valence-corrected chi connectivity index (χ1v) is 13.1. The number of hydrogen-bond donors (Lipinski definition) is 1. The highest BCUT2D eigenvalue weighted by Gasteiger charge is 2.17. The summed E-state index contributed by atoms with van der Waals surface area (Å²) >= 11 is 3.23. The summed E-state index contributed by atoms with van der Waals surface area (Å²) in [7, 11) is 1.65. The van der Waals surface area contributed by atoms with Crippen LogP contribution in [0.1, 0.15) is 21.5 Å². The van der Waals surface area contributed by atoms with Gasteiger partial charge in [-0.25, -0.2) is 0 Å². The molecular weight excluding hydrogens is 490 g/mol. The van der Waals surface area contributed by atoms with Crippen molar-refractivity contribution >= 4 is 29.0 Å². The van der Waals surface area contributed by atoms with Crippen LogP contribution in [0, 0.1) is 0 Å². The summed E-state index contributed by atoms with van der Waals surface area (Å²) in [6.07, 6.45) is 3.43. The number of methoxy groups -OCH3 is 1. The van der Waals surface area contributed by atoms with Crippen LogP contribution in [0.4, 0.5) is 0 Å². The van der Waals surface area contributed by atoms with Gasteiger partial charge in [-0.3, -0.25) is 14.3 Å². The lowest BCUT2D eigenvalue weighted by Gasteiger charge is -2.10. The highest BCUT2D eigenvalue weighted by Crippen LogP contribution is 2.32. The van der Waals surface area contributed by atoms with Crippen LogP contribution in [0.15, 0.2) is 95.7 Å². The first-order valence-electron chi connectivity index (χ1n) is 11.2. The lowest BCUT2D eigenvalue weighted by Crippen LogP contribution is -2.22. The number of rotatable bonds is 9. The zero-order valence-corrected chi connectivity index (χ0v) is 21.1. The van der Waals surface area contributed by atoms with Crippen LogP contribution in [0.25, 0.3) is 16.4 Å². The molecule has 0 fully saturated rings. The molecule has 0 aliphatic heterocycles. The van der Waals surface area contributed by atoms with Crippen LogP contribution in [0.3, 0.4) is 0 Å². The number of pyridine rings is 1. The van der Waals surface area contributed by atoms with Crippen LogP contribution in [0.2, 0.25) is 0 Å². The summed E-state index contributed by atoms with van der Waals surface area (Å²) in [5.41, 5.74) is 3.69. The van der Waals surface area contributed by atoms with Gasteiger partial charge in [0.1, 0.15) is 5.75 Å². The smallest absolute Gasteiger partial charge is 0.251 e. The Labute approximate surface area is 217 Å². The van der Waals surface area contributed by atoms with Gasteiger partial charge in [-0.2, -0.15) is 0 Å². The maximum Gasteiger partial charge on any atom is 0.251 e. The summed E-state index contributed by atoms with van der Waals surface area (Å²) < 4.78 is 7.38. The highest BCUT2D eigenvalue weighted by molar-refractivity contribution is 7.98. The fraction of sp³-hybridized carbons (Fsp3) is 0.111. The van der Waals surface area contributed by atoms with E-state index < -0.39 is 0 Å². The fourth-order valence-electron chi connectivity index (χ4n) is 3.58. The van der Waals surface area contributed by atoms with Crippen molar-refractivity contribution in [2.45, 2.75) is 17.5 Å². The number of thiophene rings is 1. The first-order chi connectivity index (χ1) is 17.7. The number of aromatic nitrogens is 4. The van der Waals surface area contributed by atoms with E-state index in [0.29, 0.717) is 17.9 Å². The van der Waals surface area contributed by atoms with Gasteiger partial charge in [0.2, 0.25) is 0 Å². The number of amides is 1. The zero-order chi connectivity index (χ0) is 24.7. The predicted octanol–water partition coefficient (Wildman–Crippen LogP) is 5.62. The standard InChI is InChI=1S/C27H23N5O2S2/c1-34-23-10-8-22(9-11-23)32-25(24-3-2-16-35-24)30-31-27(32)36-18-20-4-6-21(7-5-20)26(33)29-17-19-12-14-28-15-13-19/h2-16H,17-18H2,1H3,(H,29,33). The van der Waals surface area contributed by atoms with Gasteiger partial charge in [0.05, 0.1) is 17.7 Å². The quantitative estimate of drug-likeness (QED) is 0.258. The van der Waals surface area contributed by atoms with Gasteiger partial charge in [0, 0.05) is 30.3 Å². The molecule has 9 heteroatoms. The van der Waals surface area contributed by atoms with Crippen molar-refractivity contribution in [3.8, 4) is 22.1 Å². The third-order valence-corrected chi connectivity index (χ3v) is 7.36. The van der Waals surface area contributed by atoms with Crippen LogP contribution >= 0.6 is 23.1 Å². The van der Waals surface area contributed by atoms with Crippen molar-refractivity contribution in [3.05, 3.63) is 107 Å². The molecule has 36 heavy (non-hydrogen) atoms. The van der Waals surface area contributed by atoms with Crippen molar-refractivity contribution < 1.29 is 9.53 Å². The van der Waals surface area contributed by atoms with Gasteiger partial charge < -0.3 is 10.1 Å². The number of nitrogens with zero attached hydrogens (tertiary/aromatic N) is 4. The number of carbonyl (C=O) groups is 1. The van der Waals surface area contributed by atoms with E-state index in [1.54, 1.807) is 42.6 Å². The minimum absolute atomic E-state index is 0.106. The van der Waals surface area contributed by atoms with Crippen molar-refractivity contribution in [3.63, 3.8) is 0 Å². The van der Waals surface area contributed by atoms with Crippen molar-refractivity contribution in [2.75, 3.05) is 7.11 Å². The molecule has 0 saturated heterocycles. The SMILES string of the molecule is COc1ccc(-n2c(SCc3ccc(C(=O)NCc4ccncc4)cc3)nnc2-c2cccs2)cc1. The monoisotopic (exact) mass is 513 g/mol. The van der Waals surface area contributed by atoms with Crippen molar-refractivity contribution in [1.29, 1.82) is 0 Å². The van der Waals surface area contributed by atoms with E-state index in [-0.39, 0.29) is 5.91 Å². The number of nitrogens with one attached hydrogen (secondary N) is 1. The van der Waals surface area contributed by atoms with Crippen LogP contribution in [-0.2, 0) is 12.3 Å². The third-order valence-electron chi connectivity index (χ3n) is 5.49. The van der Waals surface area contributed by atoms with Crippen LogP contribution in [0.5, 0.6) is 5.75 Å². The topological polar surface area (TPSA) is 81.9 Å². The van der Waals surface area contributed by atoms with Gasteiger partial charge in [0.15, 0.2) is 11.0 Å². The summed E-state index contributed by atoms with van der Waals surface area (Å²) in [5, 5.41) is 14.7. The molecule has 0 atom stereocenters. The van der Waals surface area contributed by atoms with E-state index in [2.05, 4.69) is 25.1 Å². The summed E-state index contributed by atoms with van der Waals surface area (Å²) in [5.74, 6) is 2.19. The van der Waals surface area contributed by atoms with Crippen LogP contribution < -0.4 is 10.1 Å². The first kappa shape index (κ1) is 23.8. The second-order valence-electron chi connectivity index (χ2n) is 7.84. The maximum atomic E-state index is 12.5. The minimum Gasteiger partial charge on any atom is -0.497 e. The molecule has 0 saturated carbocycles. The highest BCUT2D eigenvalue weighted by atomic mass is 32.2. The van der Waals surface area contributed by atoms with E-state index in [0.717, 1.165) is 38.4 Å². The van der Waals surface area contributed by atoms with Gasteiger partial charge in [-0.15, -0.1) is 21.5 Å². The molecule has 0 spiro atoms. The molecule has 1 N–H and O–H groups in total. The van der Waals surface area contributed by atoms with Crippen molar-refractivity contribution in [2.24, 2.45) is 0 Å². The number of hydrogen-bond acceptors (Lipinski definition) is 7. The largest absolute Gasteiger partial charge is 0.497 e. The molecule has 5 aromatic rings. The zero-order valence-electron chi connectivity index (χ0n) is 19.5. The van der Waals surface area contributed by atoms with Crippen LogP contribution in [-0.4, -0.2) is 32.8 Å². The minimum atomic E-state index is -0.106. The van der Waals surface area contributed by atoms with Gasteiger partial charge in [-0.1, -0.05) is 30.0 Å². The Morgan fingerprint density at radius 2 is 1.75 bits per heavy atom. The lowest BCUT2D eigenvalue weighted by atomic mass is 10.1. The van der Waals surface area contributed by atoms with E-state index in [9.17, 15) is 4.79 Å². The average Bonchev–Trinajstić information content (AvgIpc) is 3.62. The Morgan fingerprint density at radius 1 is 0.972 bits per heavy atom. The summed E-state index contributed by atoms with van der Waals surface area (Å²) in [6, 6.07) is 23.3. The Hall–Kier alpha value is -3.95. The molecule has 180 valence electrons. The molecular formula is C27H23N5O2S2. The molecule has 3 aromatic heterocycles. The molecule has 0 bridgehead atoms. The Bertz CT molecular complexity index is 1420. The lowest BCUT2D eigenvalue weighted by molar-refractivity contribution is 0.0951. The number of carbonyl (C=O) groups excluding carboxylic acids is 1. The molecule has 0 unspecified atom stereocenters. The van der Waals surface area contributed by atoms with E-state index in [1.807, 2.05) is 78.2 Å².